The van der Waals surface area contributed by atoms with Crippen molar-refractivity contribution in [2.75, 3.05) is 39.6 Å². The van der Waals surface area contributed by atoms with Gasteiger partial charge in [0.05, 0.1) is 0 Å². The summed E-state index contributed by atoms with van der Waals surface area (Å²) < 4.78 is 5.78. The third-order valence-electron chi connectivity index (χ3n) is 5.16. The highest BCUT2D eigenvalue weighted by atomic mass is 32.2. The van der Waals surface area contributed by atoms with Crippen molar-refractivity contribution in [2.45, 2.75) is 50.2 Å². The lowest BCUT2D eigenvalue weighted by molar-refractivity contribution is 0.0783. The molecule has 0 atom stereocenters. The Morgan fingerprint density at radius 1 is 1.15 bits per heavy atom. The van der Waals surface area contributed by atoms with E-state index in [1.807, 2.05) is 18.8 Å². The molecule has 1 aliphatic heterocycles. The van der Waals surface area contributed by atoms with Crippen molar-refractivity contribution in [3.05, 3.63) is 35.4 Å². The fraction of sp³-hybridized carbons (Fsp3) is 0.667. The SMILES string of the molecule is CN=C(NCCc1ccc(C(C)(C)C)cc1)NCC1(SC)CCOCC1. The summed E-state index contributed by atoms with van der Waals surface area (Å²) in [5.74, 6) is 0.885. The summed E-state index contributed by atoms with van der Waals surface area (Å²) in [5, 5.41) is 6.95. The van der Waals surface area contributed by atoms with Crippen LogP contribution in [-0.4, -0.2) is 50.3 Å². The van der Waals surface area contributed by atoms with Crippen LogP contribution in [0.15, 0.2) is 29.3 Å². The van der Waals surface area contributed by atoms with Crippen LogP contribution >= 0.6 is 11.8 Å². The highest BCUT2D eigenvalue weighted by molar-refractivity contribution is 8.00. The number of ether oxygens (including phenoxy) is 1. The first-order valence-electron chi connectivity index (χ1n) is 9.55. The monoisotopic (exact) mass is 377 g/mol. The molecule has 2 rings (SSSR count). The van der Waals surface area contributed by atoms with Gasteiger partial charge in [0.15, 0.2) is 5.96 Å². The van der Waals surface area contributed by atoms with Crippen molar-refractivity contribution in [3.8, 4) is 0 Å². The molecule has 26 heavy (non-hydrogen) atoms. The van der Waals surface area contributed by atoms with Crippen LogP contribution < -0.4 is 10.6 Å². The van der Waals surface area contributed by atoms with Gasteiger partial charge in [0, 0.05) is 38.1 Å². The molecule has 0 radical (unpaired) electrons. The predicted octanol–water partition coefficient (Wildman–Crippen LogP) is 3.60. The molecule has 0 aliphatic carbocycles. The first-order valence-corrected chi connectivity index (χ1v) is 10.8. The van der Waals surface area contributed by atoms with Gasteiger partial charge in [-0.2, -0.15) is 11.8 Å². The average molecular weight is 378 g/mol. The number of hydrogen-bond donors (Lipinski definition) is 2. The molecule has 1 aromatic carbocycles. The first-order chi connectivity index (χ1) is 12.4. The Morgan fingerprint density at radius 3 is 2.35 bits per heavy atom. The summed E-state index contributed by atoms with van der Waals surface area (Å²) in [6.45, 7) is 10.3. The van der Waals surface area contributed by atoms with E-state index in [4.69, 9.17) is 4.74 Å². The van der Waals surface area contributed by atoms with E-state index in [-0.39, 0.29) is 10.2 Å². The zero-order chi connectivity index (χ0) is 19.0. The minimum atomic E-state index is 0.208. The van der Waals surface area contributed by atoms with Gasteiger partial charge >= 0.3 is 0 Å². The zero-order valence-electron chi connectivity index (χ0n) is 17.0. The Labute approximate surface area is 163 Å². The lowest BCUT2D eigenvalue weighted by atomic mass is 9.86. The van der Waals surface area contributed by atoms with Crippen LogP contribution in [0.5, 0.6) is 0 Å². The number of benzene rings is 1. The summed E-state index contributed by atoms with van der Waals surface area (Å²) in [7, 11) is 1.84. The average Bonchev–Trinajstić information content (AvgIpc) is 2.65. The number of guanidine groups is 1. The second-order valence-electron chi connectivity index (χ2n) is 8.05. The van der Waals surface area contributed by atoms with E-state index in [9.17, 15) is 0 Å². The number of aliphatic imine (C=N–C) groups is 1. The Hall–Kier alpha value is -1.20. The normalized spacial score (nSPS) is 17.8. The molecule has 0 aromatic heterocycles. The highest BCUT2D eigenvalue weighted by Gasteiger charge is 2.31. The van der Waals surface area contributed by atoms with E-state index in [1.165, 1.54) is 11.1 Å². The molecule has 0 bridgehead atoms. The number of nitrogens with one attached hydrogen (secondary N) is 2. The molecule has 1 aliphatic rings. The lowest BCUT2D eigenvalue weighted by Crippen LogP contribution is -2.48. The molecule has 1 heterocycles. The number of thioether (sulfide) groups is 1. The van der Waals surface area contributed by atoms with Crippen molar-refractivity contribution in [2.24, 2.45) is 4.99 Å². The van der Waals surface area contributed by atoms with E-state index < -0.39 is 0 Å². The van der Waals surface area contributed by atoms with Gasteiger partial charge in [-0.15, -0.1) is 0 Å². The maximum absolute atomic E-state index is 5.52. The number of rotatable bonds is 6. The second kappa shape index (κ2) is 9.65. The maximum Gasteiger partial charge on any atom is 0.191 e. The Bertz CT molecular complexity index is 572. The van der Waals surface area contributed by atoms with Crippen LogP contribution in [0.25, 0.3) is 0 Å². The largest absolute Gasteiger partial charge is 0.381 e. The fourth-order valence-corrected chi connectivity index (χ4v) is 3.95. The van der Waals surface area contributed by atoms with Crippen LogP contribution in [0.2, 0.25) is 0 Å². The van der Waals surface area contributed by atoms with Crippen LogP contribution in [0.4, 0.5) is 0 Å². The smallest absolute Gasteiger partial charge is 0.191 e. The van der Waals surface area contributed by atoms with Gasteiger partial charge < -0.3 is 15.4 Å². The molecule has 0 unspecified atom stereocenters. The maximum atomic E-state index is 5.52. The molecule has 146 valence electrons. The quantitative estimate of drug-likeness (QED) is 0.587. The van der Waals surface area contributed by atoms with Gasteiger partial charge in [-0.1, -0.05) is 45.0 Å². The van der Waals surface area contributed by atoms with Crippen LogP contribution in [0.1, 0.15) is 44.7 Å². The molecule has 0 amide bonds. The van der Waals surface area contributed by atoms with Gasteiger partial charge in [-0.3, -0.25) is 4.99 Å². The van der Waals surface area contributed by atoms with Gasteiger partial charge in [-0.25, -0.2) is 0 Å². The molecule has 0 spiro atoms. The summed E-state index contributed by atoms with van der Waals surface area (Å²) in [6, 6.07) is 8.97. The van der Waals surface area contributed by atoms with Crippen molar-refractivity contribution >= 4 is 17.7 Å². The standard InChI is InChI=1S/C21H35N3OS/c1-20(2,3)18-8-6-17(7-9-18)10-13-23-19(22-4)24-16-21(26-5)11-14-25-15-12-21/h6-9H,10-16H2,1-5H3,(H2,22,23,24). The van der Waals surface area contributed by atoms with E-state index in [0.29, 0.717) is 0 Å². The fourth-order valence-electron chi connectivity index (χ4n) is 3.16. The molecule has 1 saturated heterocycles. The van der Waals surface area contributed by atoms with Crippen molar-refractivity contribution in [3.63, 3.8) is 0 Å². The molecule has 1 aromatic rings. The molecule has 2 N–H and O–H groups in total. The van der Waals surface area contributed by atoms with Gasteiger partial charge in [0.1, 0.15) is 0 Å². The van der Waals surface area contributed by atoms with E-state index >= 15 is 0 Å². The van der Waals surface area contributed by atoms with Crippen molar-refractivity contribution in [1.29, 1.82) is 0 Å². The second-order valence-corrected chi connectivity index (χ2v) is 9.32. The van der Waals surface area contributed by atoms with Gasteiger partial charge in [0.2, 0.25) is 0 Å². The summed E-state index contributed by atoms with van der Waals surface area (Å²) >= 11 is 1.94. The van der Waals surface area contributed by atoms with Crippen LogP contribution in [0.3, 0.4) is 0 Å². The molecule has 1 fully saturated rings. The summed E-state index contributed by atoms with van der Waals surface area (Å²) in [5.41, 5.74) is 2.94. The lowest BCUT2D eigenvalue weighted by Gasteiger charge is -2.36. The minimum absolute atomic E-state index is 0.208. The molecular formula is C21H35N3OS. The molecule has 4 nitrogen and oxygen atoms in total. The van der Waals surface area contributed by atoms with E-state index in [0.717, 1.165) is 51.5 Å². The third kappa shape index (κ3) is 6.20. The first kappa shape index (κ1) is 21.1. The highest BCUT2D eigenvalue weighted by Crippen LogP contribution is 2.32. The Morgan fingerprint density at radius 2 is 1.81 bits per heavy atom. The third-order valence-corrected chi connectivity index (χ3v) is 6.58. The van der Waals surface area contributed by atoms with E-state index in [2.05, 4.69) is 66.9 Å². The van der Waals surface area contributed by atoms with Crippen LogP contribution in [-0.2, 0) is 16.6 Å². The molecule has 0 saturated carbocycles. The number of hydrogen-bond acceptors (Lipinski definition) is 3. The topological polar surface area (TPSA) is 45.7 Å². The summed E-state index contributed by atoms with van der Waals surface area (Å²) in [4.78, 5) is 4.37. The Kier molecular flexibility index (Phi) is 7.84. The van der Waals surface area contributed by atoms with Crippen LogP contribution in [0, 0.1) is 0 Å². The van der Waals surface area contributed by atoms with Crippen molar-refractivity contribution in [1.82, 2.24) is 10.6 Å². The van der Waals surface area contributed by atoms with Gasteiger partial charge in [-0.05, 0) is 42.1 Å². The van der Waals surface area contributed by atoms with Crippen molar-refractivity contribution < 1.29 is 4.74 Å². The zero-order valence-corrected chi connectivity index (χ0v) is 17.8. The summed E-state index contributed by atoms with van der Waals surface area (Å²) in [6.07, 6.45) is 5.38. The molecule has 5 heteroatoms. The predicted molar refractivity (Wildman–Crippen MR) is 115 cm³/mol. The Balaban J connectivity index is 1.78. The number of nitrogens with zero attached hydrogens (tertiary/aromatic N) is 1. The van der Waals surface area contributed by atoms with Gasteiger partial charge in [0.25, 0.3) is 0 Å². The minimum Gasteiger partial charge on any atom is -0.381 e. The molecular weight excluding hydrogens is 342 g/mol. The van der Waals surface area contributed by atoms with E-state index in [1.54, 1.807) is 0 Å².